The van der Waals surface area contributed by atoms with E-state index >= 15 is 0 Å². The Morgan fingerprint density at radius 2 is 2.00 bits per heavy atom. The molecule has 0 heterocycles. The second-order valence-corrected chi connectivity index (χ2v) is 4.21. The van der Waals surface area contributed by atoms with Crippen molar-refractivity contribution in [2.24, 2.45) is 0 Å². The molecular formula is C12H17ClO3. The molecule has 2 unspecified atom stereocenters. The van der Waals surface area contributed by atoms with E-state index in [0.717, 1.165) is 11.1 Å². The summed E-state index contributed by atoms with van der Waals surface area (Å²) >= 11 is 5.50. The minimum absolute atomic E-state index is 0.0714. The molecule has 16 heavy (non-hydrogen) atoms. The summed E-state index contributed by atoms with van der Waals surface area (Å²) in [6, 6.07) is 5.27. The van der Waals surface area contributed by atoms with Crippen LogP contribution in [0.1, 0.15) is 29.2 Å². The summed E-state index contributed by atoms with van der Waals surface area (Å²) in [5, 5.41) is 28.5. The van der Waals surface area contributed by atoms with Crippen LogP contribution in [0.15, 0.2) is 18.2 Å². The first-order chi connectivity index (χ1) is 7.60. The molecule has 0 radical (unpaired) electrons. The number of halogens is 1. The van der Waals surface area contributed by atoms with Gasteiger partial charge in [0.2, 0.25) is 0 Å². The predicted molar refractivity (Wildman–Crippen MR) is 63.4 cm³/mol. The highest BCUT2D eigenvalue weighted by Gasteiger charge is 2.18. The van der Waals surface area contributed by atoms with Crippen LogP contribution in [0.25, 0.3) is 0 Å². The van der Waals surface area contributed by atoms with E-state index in [1.54, 1.807) is 12.1 Å². The quantitative estimate of drug-likeness (QED) is 0.688. The SMILES string of the molecule is Cc1ccc(C(O)C(O)CCCl)cc1CO. The number of aliphatic hydroxyl groups excluding tert-OH is 3. The van der Waals surface area contributed by atoms with Crippen LogP contribution in [0.5, 0.6) is 0 Å². The largest absolute Gasteiger partial charge is 0.392 e. The Kier molecular flexibility index (Phi) is 5.22. The predicted octanol–water partition coefficient (Wildman–Crippen LogP) is 1.51. The van der Waals surface area contributed by atoms with E-state index in [1.807, 2.05) is 13.0 Å². The minimum Gasteiger partial charge on any atom is -0.392 e. The van der Waals surface area contributed by atoms with Crippen molar-refractivity contribution in [1.29, 1.82) is 0 Å². The highest BCUT2D eigenvalue weighted by atomic mass is 35.5. The van der Waals surface area contributed by atoms with Gasteiger partial charge >= 0.3 is 0 Å². The number of hydrogen-bond donors (Lipinski definition) is 3. The molecule has 3 nitrogen and oxygen atoms in total. The van der Waals surface area contributed by atoms with Gasteiger partial charge < -0.3 is 15.3 Å². The van der Waals surface area contributed by atoms with Crippen LogP contribution in [-0.2, 0) is 6.61 Å². The number of aliphatic hydroxyl groups is 3. The van der Waals surface area contributed by atoms with E-state index in [0.29, 0.717) is 17.9 Å². The molecule has 0 aromatic heterocycles. The van der Waals surface area contributed by atoms with Crippen molar-refractivity contribution >= 4 is 11.6 Å². The van der Waals surface area contributed by atoms with Gasteiger partial charge in [-0.25, -0.2) is 0 Å². The molecule has 0 aliphatic rings. The topological polar surface area (TPSA) is 60.7 Å². The first kappa shape index (κ1) is 13.5. The maximum Gasteiger partial charge on any atom is 0.105 e. The third kappa shape index (κ3) is 3.19. The molecule has 0 amide bonds. The molecule has 1 aromatic carbocycles. The van der Waals surface area contributed by atoms with Gasteiger partial charge in [-0.05, 0) is 30.0 Å². The van der Waals surface area contributed by atoms with Gasteiger partial charge in [-0.1, -0.05) is 18.2 Å². The number of hydrogen-bond acceptors (Lipinski definition) is 3. The maximum atomic E-state index is 9.84. The van der Waals surface area contributed by atoms with E-state index in [1.165, 1.54) is 0 Å². The van der Waals surface area contributed by atoms with Crippen molar-refractivity contribution < 1.29 is 15.3 Å². The van der Waals surface area contributed by atoms with Crippen LogP contribution in [0.3, 0.4) is 0 Å². The molecule has 0 aliphatic carbocycles. The van der Waals surface area contributed by atoms with Crippen molar-refractivity contribution in [3.8, 4) is 0 Å². The number of alkyl halides is 1. The summed E-state index contributed by atoms with van der Waals surface area (Å²) < 4.78 is 0. The summed E-state index contributed by atoms with van der Waals surface area (Å²) in [7, 11) is 0. The monoisotopic (exact) mass is 244 g/mol. The minimum atomic E-state index is -0.954. The van der Waals surface area contributed by atoms with Crippen molar-refractivity contribution in [3.63, 3.8) is 0 Å². The fraction of sp³-hybridized carbons (Fsp3) is 0.500. The molecule has 0 saturated heterocycles. The molecule has 3 N–H and O–H groups in total. The van der Waals surface area contributed by atoms with Gasteiger partial charge in [0.1, 0.15) is 6.10 Å². The second kappa shape index (κ2) is 6.21. The third-order valence-electron chi connectivity index (χ3n) is 2.65. The standard InChI is InChI=1S/C12H17ClO3/c1-8-2-3-9(6-10(8)7-14)12(16)11(15)4-5-13/h2-3,6,11-12,14-16H,4-5,7H2,1H3. The fourth-order valence-corrected chi connectivity index (χ4v) is 1.76. The lowest BCUT2D eigenvalue weighted by atomic mass is 9.98. The number of rotatable bonds is 5. The van der Waals surface area contributed by atoms with E-state index in [9.17, 15) is 10.2 Å². The first-order valence-corrected chi connectivity index (χ1v) is 5.76. The highest BCUT2D eigenvalue weighted by molar-refractivity contribution is 6.17. The summed E-state index contributed by atoms with van der Waals surface area (Å²) in [5.74, 6) is 0.303. The Labute approximate surface area is 100 Å². The average Bonchev–Trinajstić information content (AvgIpc) is 2.29. The van der Waals surface area contributed by atoms with Crippen LogP contribution >= 0.6 is 11.6 Å². The summed E-state index contributed by atoms with van der Waals surface area (Å²) in [6.07, 6.45) is -1.48. The number of benzene rings is 1. The Hall–Kier alpha value is -0.610. The molecule has 4 heteroatoms. The molecule has 1 aromatic rings. The zero-order valence-electron chi connectivity index (χ0n) is 9.23. The lowest BCUT2D eigenvalue weighted by Crippen LogP contribution is -2.18. The highest BCUT2D eigenvalue weighted by Crippen LogP contribution is 2.22. The summed E-state index contributed by atoms with van der Waals surface area (Å²) in [4.78, 5) is 0. The normalized spacial score (nSPS) is 14.8. The zero-order chi connectivity index (χ0) is 12.1. The van der Waals surface area contributed by atoms with Crippen molar-refractivity contribution in [1.82, 2.24) is 0 Å². The van der Waals surface area contributed by atoms with Gasteiger partial charge in [-0.3, -0.25) is 0 Å². The van der Waals surface area contributed by atoms with Gasteiger partial charge in [0, 0.05) is 5.88 Å². The van der Waals surface area contributed by atoms with E-state index in [-0.39, 0.29) is 6.61 Å². The molecule has 90 valence electrons. The summed E-state index contributed by atoms with van der Waals surface area (Å²) in [5.41, 5.74) is 2.33. The van der Waals surface area contributed by atoms with Crippen molar-refractivity contribution in [3.05, 3.63) is 34.9 Å². The average molecular weight is 245 g/mol. The maximum absolute atomic E-state index is 9.84. The molecular weight excluding hydrogens is 228 g/mol. The number of aryl methyl sites for hydroxylation is 1. The van der Waals surface area contributed by atoms with Gasteiger partial charge in [0.05, 0.1) is 12.7 Å². The van der Waals surface area contributed by atoms with E-state index in [2.05, 4.69) is 0 Å². The molecule has 2 atom stereocenters. The van der Waals surface area contributed by atoms with E-state index in [4.69, 9.17) is 16.7 Å². The van der Waals surface area contributed by atoms with Gasteiger partial charge in [-0.15, -0.1) is 11.6 Å². The molecule has 1 rings (SSSR count). The third-order valence-corrected chi connectivity index (χ3v) is 2.87. The van der Waals surface area contributed by atoms with Crippen LogP contribution in [0.4, 0.5) is 0 Å². The van der Waals surface area contributed by atoms with Crippen molar-refractivity contribution in [2.45, 2.75) is 32.2 Å². The Morgan fingerprint density at radius 3 is 2.56 bits per heavy atom. The zero-order valence-corrected chi connectivity index (χ0v) is 9.98. The Bertz CT molecular complexity index is 341. The van der Waals surface area contributed by atoms with Gasteiger partial charge in [0.25, 0.3) is 0 Å². The van der Waals surface area contributed by atoms with Crippen LogP contribution < -0.4 is 0 Å². The van der Waals surface area contributed by atoms with Gasteiger partial charge in [-0.2, -0.15) is 0 Å². The second-order valence-electron chi connectivity index (χ2n) is 3.83. The first-order valence-electron chi connectivity index (χ1n) is 5.22. The summed E-state index contributed by atoms with van der Waals surface area (Å²) in [6.45, 7) is 1.81. The molecule has 0 fully saturated rings. The smallest absolute Gasteiger partial charge is 0.105 e. The Balaban J connectivity index is 2.87. The van der Waals surface area contributed by atoms with Crippen LogP contribution in [0, 0.1) is 6.92 Å². The lowest BCUT2D eigenvalue weighted by Gasteiger charge is -2.18. The van der Waals surface area contributed by atoms with Crippen LogP contribution in [0.2, 0.25) is 0 Å². The van der Waals surface area contributed by atoms with Crippen molar-refractivity contribution in [2.75, 3.05) is 5.88 Å². The Morgan fingerprint density at radius 1 is 1.31 bits per heavy atom. The van der Waals surface area contributed by atoms with Gasteiger partial charge in [0.15, 0.2) is 0 Å². The molecule has 0 bridgehead atoms. The molecule has 0 aliphatic heterocycles. The van der Waals surface area contributed by atoms with E-state index < -0.39 is 12.2 Å². The lowest BCUT2D eigenvalue weighted by molar-refractivity contribution is 0.0169. The molecule has 0 saturated carbocycles. The fourth-order valence-electron chi connectivity index (χ4n) is 1.54. The molecule has 0 spiro atoms. The van der Waals surface area contributed by atoms with Crippen LogP contribution in [-0.4, -0.2) is 27.3 Å².